The van der Waals surface area contributed by atoms with Gasteiger partial charge in [0.1, 0.15) is 0 Å². The van der Waals surface area contributed by atoms with E-state index >= 15 is 0 Å². The number of amides is 1. The number of nitrogens with one attached hydrogen (secondary N) is 1. The third kappa shape index (κ3) is 2.42. The summed E-state index contributed by atoms with van der Waals surface area (Å²) >= 11 is 0. The van der Waals surface area contributed by atoms with Crippen LogP contribution in [0.15, 0.2) is 48.7 Å². The van der Waals surface area contributed by atoms with Crippen LogP contribution >= 0.6 is 0 Å². The third-order valence-corrected chi connectivity index (χ3v) is 4.79. The molecule has 0 saturated heterocycles. The van der Waals surface area contributed by atoms with E-state index in [9.17, 15) is 4.79 Å². The van der Waals surface area contributed by atoms with Crippen LogP contribution in [0.25, 0.3) is 10.9 Å². The Morgan fingerprint density at radius 1 is 1.04 bits per heavy atom. The number of aryl methyl sites for hydroxylation is 2. The first-order valence-corrected chi connectivity index (χ1v) is 8.20. The van der Waals surface area contributed by atoms with Crippen molar-refractivity contribution in [3.05, 3.63) is 65.4 Å². The molecule has 1 aromatic heterocycles. The van der Waals surface area contributed by atoms with Gasteiger partial charge >= 0.3 is 0 Å². The number of para-hydroxylation sites is 1. The van der Waals surface area contributed by atoms with Crippen molar-refractivity contribution in [1.82, 2.24) is 4.57 Å². The molecular weight excluding hydrogens is 284 g/mol. The van der Waals surface area contributed by atoms with E-state index in [1.165, 1.54) is 24.0 Å². The number of aromatic nitrogens is 1. The second-order valence-corrected chi connectivity index (χ2v) is 6.28. The molecule has 1 aliphatic carbocycles. The van der Waals surface area contributed by atoms with Gasteiger partial charge in [-0.25, -0.2) is 0 Å². The van der Waals surface area contributed by atoms with E-state index < -0.39 is 0 Å². The van der Waals surface area contributed by atoms with Crippen molar-refractivity contribution in [3.8, 4) is 0 Å². The molecule has 1 amide bonds. The summed E-state index contributed by atoms with van der Waals surface area (Å²) in [4.78, 5) is 12.8. The first-order chi connectivity index (χ1) is 11.2. The van der Waals surface area contributed by atoms with E-state index in [4.69, 9.17) is 0 Å². The number of rotatable bonds is 2. The zero-order chi connectivity index (χ0) is 15.8. The summed E-state index contributed by atoms with van der Waals surface area (Å²) in [5.41, 5.74) is 5.48. The lowest BCUT2D eigenvalue weighted by atomic mass is 9.90. The Bertz CT molecular complexity index is 892. The Hall–Kier alpha value is -2.55. The van der Waals surface area contributed by atoms with Gasteiger partial charge in [-0.3, -0.25) is 4.79 Å². The Kier molecular flexibility index (Phi) is 3.41. The average Bonchev–Trinajstić information content (AvgIpc) is 2.93. The van der Waals surface area contributed by atoms with Crippen molar-refractivity contribution in [2.45, 2.75) is 25.7 Å². The molecule has 0 unspecified atom stereocenters. The van der Waals surface area contributed by atoms with E-state index in [0.29, 0.717) is 0 Å². The molecule has 0 spiro atoms. The highest BCUT2D eigenvalue weighted by Gasteiger charge is 2.17. The van der Waals surface area contributed by atoms with Gasteiger partial charge in [-0.15, -0.1) is 0 Å². The molecule has 116 valence electrons. The van der Waals surface area contributed by atoms with Crippen LogP contribution in [-0.2, 0) is 19.9 Å². The second-order valence-electron chi connectivity index (χ2n) is 6.28. The molecule has 3 nitrogen and oxygen atoms in total. The van der Waals surface area contributed by atoms with Crippen LogP contribution in [0.5, 0.6) is 0 Å². The fourth-order valence-corrected chi connectivity index (χ4v) is 3.61. The summed E-state index contributed by atoms with van der Waals surface area (Å²) in [5, 5.41) is 4.14. The number of hydrogen-bond acceptors (Lipinski definition) is 1. The molecule has 2 aromatic carbocycles. The maximum Gasteiger partial charge on any atom is 0.257 e. The maximum absolute atomic E-state index is 12.8. The molecule has 0 fully saturated rings. The summed E-state index contributed by atoms with van der Waals surface area (Å²) < 4.78 is 2.00. The van der Waals surface area contributed by atoms with Gasteiger partial charge in [0.15, 0.2) is 0 Å². The van der Waals surface area contributed by atoms with Crippen LogP contribution < -0.4 is 5.32 Å². The minimum atomic E-state index is -0.0271. The molecule has 3 aromatic rings. The highest BCUT2D eigenvalue weighted by molar-refractivity contribution is 6.13. The minimum Gasteiger partial charge on any atom is -0.350 e. The van der Waals surface area contributed by atoms with Crippen LogP contribution in [0.3, 0.4) is 0 Å². The van der Waals surface area contributed by atoms with E-state index in [0.717, 1.165) is 35.0 Å². The zero-order valence-electron chi connectivity index (χ0n) is 13.3. The van der Waals surface area contributed by atoms with Crippen molar-refractivity contribution in [2.75, 3.05) is 5.32 Å². The summed E-state index contributed by atoms with van der Waals surface area (Å²) in [5.74, 6) is -0.0271. The van der Waals surface area contributed by atoms with Crippen molar-refractivity contribution in [1.29, 1.82) is 0 Å². The molecule has 1 heterocycles. The van der Waals surface area contributed by atoms with Crippen molar-refractivity contribution >= 4 is 22.5 Å². The fraction of sp³-hybridized carbons (Fsp3) is 0.250. The number of nitrogens with zero attached hydrogens (tertiary/aromatic N) is 1. The topological polar surface area (TPSA) is 34.0 Å². The van der Waals surface area contributed by atoms with Gasteiger partial charge in [-0.05, 0) is 48.9 Å². The van der Waals surface area contributed by atoms with E-state index in [1.807, 2.05) is 54.2 Å². The Morgan fingerprint density at radius 2 is 1.87 bits per heavy atom. The molecule has 1 aliphatic rings. The maximum atomic E-state index is 12.8. The number of carbonyl (C=O) groups is 1. The van der Waals surface area contributed by atoms with Gasteiger partial charge in [-0.1, -0.05) is 30.3 Å². The van der Waals surface area contributed by atoms with Gasteiger partial charge in [0, 0.05) is 29.8 Å². The zero-order valence-corrected chi connectivity index (χ0v) is 13.3. The Balaban J connectivity index is 1.70. The monoisotopic (exact) mass is 304 g/mol. The predicted octanol–water partition coefficient (Wildman–Crippen LogP) is 4.31. The normalized spacial score (nSPS) is 13.8. The SMILES string of the molecule is Cn1cc(C(=O)Nc2cccc3c2CCCC3)c2ccccc21. The van der Waals surface area contributed by atoms with Crippen molar-refractivity contribution in [3.63, 3.8) is 0 Å². The smallest absolute Gasteiger partial charge is 0.257 e. The van der Waals surface area contributed by atoms with Crippen molar-refractivity contribution < 1.29 is 4.79 Å². The number of hydrogen-bond donors (Lipinski definition) is 1. The Morgan fingerprint density at radius 3 is 2.78 bits per heavy atom. The largest absolute Gasteiger partial charge is 0.350 e. The predicted molar refractivity (Wildman–Crippen MR) is 94.0 cm³/mol. The van der Waals surface area contributed by atoms with Gasteiger partial charge < -0.3 is 9.88 Å². The molecule has 0 saturated carbocycles. The molecule has 0 radical (unpaired) electrons. The molecule has 0 bridgehead atoms. The van der Waals surface area contributed by atoms with E-state index in [-0.39, 0.29) is 5.91 Å². The highest BCUT2D eigenvalue weighted by Crippen LogP contribution is 2.29. The lowest BCUT2D eigenvalue weighted by molar-refractivity contribution is 0.102. The lowest BCUT2D eigenvalue weighted by Gasteiger charge is -2.19. The number of benzene rings is 2. The molecule has 3 heteroatoms. The number of carbonyl (C=O) groups excluding carboxylic acids is 1. The van der Waals surface area contributed by atoms with Crippen LogP contribution in [0, 0.1) is 0 Å². The standard InChI is InChI=1S/C20H20N2O/c1-22-13-17(16-10-4-5-12-19(16)22)20(23)21-18-11-6-8-14-7-2-3-9-15(14)18/h4-6,8,10-13H,2-3,7,9H2,1H3,(H,21,23). The minimum absolute atomic E-state index is 0.0271. The molecule has 0 aliphatic heterocycles. The van der Waals surface area contributed by atoms with Crippen LogP contribution in [0.4, 0.5) is 5.69 Å². The van der Waals surface area contributed by atoms with Crippen LogP contribution in [0.2, 0.25) is 0 Å². The highest BCUT2D eigenvalue weighted by atomic mass is 16.1. The number of fused-ring (bicyclic) bond motifs is 2. The summed E-state index contributed by atoms with van der Waals surface area (Å²) in [7, 11) is 1.98. The van der Waals surface area contributed by atoms with Gasteiger partial charge in [0.2, 0.25) is 0 Å². The second kappa shape index (κ2) is 5.58. The fourth-order valence-electron chi connectivity index (χ4n) is 3.61. The quantitative estimate of drug-likeness (QED) is 0.752. The number of anilines is 1. The first-order valence-electron chi connectivity index (χ1n) is 8.20. The van der Waals surface area contributed by atoms with Gasteiger partial charge in [0.05, 0.1) is 5.56 Å². The molecule has 4 rings (SSSR count). The molecule has 1 N–H and O–H groups in total. The summed E-state index contributed by atoms with van der Waals surface area (Å²) in [6.45, 7) is 0. The molecule has 0 atom stereocenters. The van der Waals surface area contributed by atoms with Crippen LogP contribution in [0.1, 0.15) is 34.3 Å². The third-order valence-electron chi connectivity index (χ3n) is 4.79. The van der Waals surface area contributed by atoms with Gasteiger partial charge in [0.25, 0.3) is 5.91 Å². The molecular formula is C20H20N2O. The van der Waals surface area contributed by atoms with E-state index in [2.05, 4.69) is 11.4 Å². The molecule has 23 heavy (non-hydrogen) atoms. The summed E-state index contributed by atoms with van der Waals surface area (Å²) in [6.07, 6.45) is 6.53. The first kappa shape index (κ1) is 14.1. The lowest BCUT2D eigenvalue weighted by Crippen LogP contribution is -2.15. The van der Waals surface area contributed by atoms with E-state index in [1.54, 1.807) is 0 Å². The average molecular weight is 304 g/mol. The Labute approximate surface area is 135 Å². The van der Waals surface area contributed by atoms with Gasteiger partial charge in [-0.2, -0.15) is 0 Å². The van der Waals surface area contributed by atoms with Crippen LogP contribution in [-0.4, -0.2) is 10.5 Å². The summed E-state index contributed by atoms with van der Waals surface area (Å²) in [6, 6.07) is 14.3. The van der Waals surface area contributed by atoms with Crippen molar-refractivity contribution in [2.24, 2.45) is 7.05 Å².